The van der Waals surface area contributed by atoms with E-state index in [1.54, 1.807) is 34.8 Å². The highest BCUT2D eigenvalue weighted by molar-refractivity contribution is 7.34. The third-order valence-corrected chi connectivity index (χ3v) is 24.8. The summed E-state index contributed by atoms with van der Waals surface area (Å²) in [6, 6.07) is 64.6. The average Bonchev–Trinajstić information content (AvgIpc) is 1.49. The number of nitrogens with zero attached hydrogens (tertiary/aromatic N) is 4. The minimum Gasteiger partial charge on any atom is -0.289 e. The highest BCUT2D eigenvalue weighted by Crippen LogP contribution is 2.70. The largest absolute Gasteiger partial charge is 0.289 e. The molecule has 6 nitrogen and oxygen atoms in total. The van der Waals surface area contributed by atoms with Gasteiger partial charge in [-0.25, -0.2) is 0 Å². The zero-order chi connectivity index (χ0) is 64.8. The first kappa shape index (κ1) is 62.1. The molecule has 0 bridgehead atoms. The van der Waals surface area contributed by atoms with Crippen LogP contribution in [0.5, 0.6) is 0 Å². The number of carbonyl (C=O) groups excluding carboxylic acids is 2. The number of carbonyl (C=O) groups is 2. The molecular weight excluding hydrogens is 1230 g/mol. The van der Waals surface area contributed by atoms with E-state index in [-0.39, 0.29) is 22.7 Å². The van der Waals surface area contributed by atoms with Crippen molar-refractivity contribution in [3.63, 3.8) is 0 Å². The lowest BCUT2D eigenvalue weighted by atomic mass is 9.67. The maximum absolute atomic E-state index is 14.7. The summed E-state index contributed by atoms with van der Waals surface area (Å²) < 4.78 is 2.41. The number of aryl methyl sites for hydroxylation is 4. The number of thiophene rings is 4. The summed E-state index contributed by atoms with van der Waals surface area (Å²) >= 11 is 7.05. The summed E-state index contributed by atoms with van der Waals surface area (Å²) in [4.78, 5) is 35.6. The van der Waals surface area contributed by atoms with Crippen molar-refractivity contribution in [3.8, 4) is 43.8 Å². The van der Waals surface area contributed by atoms with Gasteiger partial charge in [0.2, 0.25) is 0 Å². The van der Waals surface area contributed by atoms with Gasteiger partial charge in [-0.15, -0.1) is 45.3 Å². The minimum atomic E-state index is -0.842. The number of benzene rings is 6. The molecule has 0 radical (unpaired) electrons. The van der Waals surface area contributed by atoms with E-state index < -0.39 is 10.8 Å². The van der Waals surface area contributed by atoms with Gasteiger partial charge in [-0.1, -0.05) is 235 Å². The van der Waals surface area contributed by atoms with Crippen LogP contribution < -0.4 is 0 Å². The van der Waals surface area contributed by atoms with Crippen molar-refractivity contribution in [1.29, 1.82) is 21.0 Å². The quantitative estimate of drug-likeness (QED) is 0.0424. The molecule has 4 aliphatic carbocycles. The fourth-order valence-electron chi connectivity index (χ4n) is 15.2. The highest BCUT2D eigenvalue weighted by atomic mass is 32.1. The van der Waals surface area contributed by atoms with Gasteiger partial charge in [0.05, 0.1) is 39.7 Å². The average molecular weight is 1290 g/mol. The standard InChI is InChI=1S/C84H68N4O2S4/c1-5-7-9-11-13-15-21-53-31-39-59(40-32-53)83(57-35-27-51(3)28-36-57)69-45-61(43-67-71(55(47-85)48-86)63-23-17-19-25-65(63)75(67)89)91-77(69)79-73(83)81-82(93-79)74-80(94-81)78-70(46-62(92-78)44-68-72(56(49-87)50-88)64-24-18-20-26-66(64)76(68)90)84(74,58-37-29-52(4)30-38-58)60-41-33-54(34-42-60)22-16-14-12-10-8-6-2/h17-20,23-46H,5-16,21-22H2,1-4H3/b67-43-,68-44-. The lowest BCUT2D eigenvalue weighted by Crippen LogP contribution is -2.29. The topological polar surface area (TPSA) is 129 Å². The van der Waals surface area contributed by atoms with Crippen molar-refractivity contribution in [1.82, 2.24) is 0 Å². The van der Waals surface area contributed by atoms with Gasteiger partial charge >= 0.3 is 0 Å². The van der Waals surface area contributed by atoms with Crippen LogP contribution in [-0.4, -0.2) is 11.6 Å². The Balaban J connectivity index is 1.03. The molecule has 4 aliphatic rings. The Bertz CT molecular complexity index is 4680. The summed E-state index contributed by atoms with van der Waals surface area (Å²) in [6.45, 7) is 8.80. The fourth-order valence-corrected chi connectivity index (χ4v) is 21.0. The smallest absolute Gasteiger partial charge is 0.194 e. The number of unbranched alkanes of at least 4 members (excludes halogenated alkanes) is 10. The van der Waals surface area contributed by atoms with E-state index in [2.05, 4.69) is 161 Å². The molecule has 0 saturated carbocycles. The van der Waals surface area contributed by atoms with E-state index in [1.807, 2.05) is 71.2 Å². The van der Waals surface area contributed by atoms with Gasteiger partial charge in [-0.05, 0) is 119 Å². The number of allylic oxidation sites excluding steroid dienone is 6. The maximum atomic E-state index is 14.7. The molecule has 0 saturated heterocycles. The lowest BCUT2D eigenvalue weighted by molar-refractivity contribution is 0.103. The number of Topliss-reactive ketones (excluding diaryl/α,β-unsaturated/α-hetero) is 2. The van der Waals surface area contributed by atoms with E-state index in [4.69, 9.17) is 0 Å². The molecule has 14 rings (SSSR count). The molecule has 0 aliphatic heterocycles. The predicted molar refractivity (Wildman–Crippen MR) is 387 cm³/mol. The van der Waals surface area contributed by atoms with Crippen LogP contribution in [0.3, 0.4) is 0 Å². The second-order valence-corrected chi connectivity index (χ2v) is 29.7. The second-order valence-electron chi connectivity index (χ2n) is 25.5. The summed E-state index contributed by atoms with van der Waals surface area (Å²) in [5.74, 6) is -0.414. The van der Waals surface area contributed by atoms with Gasteiger partial charge in [0.1, 0.15) is 35.4 Å². The Morgan fingerprint density at radius 3 is 1.09 bits per heavy atom. The molecule has 0 fully saturated rings. The van der Waals surface area contributed by atoms with E-state index in [0.29, 0.717) is 44.5 Å². The lowest BCUT2D eigenvalue weighted by Gasteiger charge is -2.34. The highest BCUT2D eigenvalue weighted by Gasteiger charge is 2.55. The van der Waals surface area contributed by atoms with Gasteiger partial charge in [0, 0.05) is 54.3 Å². The molecule has 94 heavy (non-hydrogen) atoms. The first-order valence-corrected chi connectivity index (χ1v) is 36.3. The minimum absolute atomic E-state index is 0.0913. The number of rotatable bonds is 20. The molecule has 10 aromatic rings. The van der Waals surface area contributed by atoms with E-state index in [1.165, 1.54) is 106 Å². The summed E-state index contributed by atoms with van der Waals surface area (Å²) in [7, 11) is 0. The van der Waals surface area contributed by atoms with Gasteiger partial charge in [-0.3, -0.25) is 9.59 Å². The van der Waals surface area contributed by atoms with Crippen molar-refractivity contribution in [2.45, 2.75) is 128 Å². The van der Waals surface area contributed by atoms with Gasteiger partial charge in [0.25, 0.3) is 0 Å². The molecule has 4 aromatic heterocycles. The zero-order valence-corrected chi connectivity index (χ0v) is 56.6. The van der Waals surface area contributed by atoms with Crippen molar-refractivity contribution >= 4 is 89.6 Å². The van der Waals surface area contributed by atoms with E-state index >= 15 is 0 Å². The summed E-state index contributed by atoms with van der Waals surface area (Å²) in [6.07, 6.45) is 20.5. The van der Waals surface area contributed by atoms with Crippen LogP contribution in [0.25, 0.3) is 52.2 Å². The van der Waals surface area contributed by atoms with Crippen molar-refractivity contribution in [2.24, 2.45) is 0 Å². The van der Waals surface area contributed by atoms with Crippen molar-refractivity contribution in [3.05, 3.63) is 279 Å². The van der Waals surface area contributed by atoms with Crippen LogP contribution in [0.1, 0.15) is 199 Å². The summed E-state index contributed by atoms with van der Waals surface area (Å²) in [5, 5.41) is 41.7. The van der Waals surface area contributed by atoms with Gasteiger partial charge in [0.15, 0.2) is 11.6 Å². The Kier molecular flexibility index (Phi) is 17.1. The van der Waals surface area contributed by atoms with Crippen LogP contribution >= 0.6 is 45.3 Å². The summed E-state index contributed by atoms with van der Waals surface area (Å²) in [5.41, 5.74) is 15.9. The normalized spacial score (nSPS) is 17.2. The van der Waals surface area contributed by atoms with Gasteiger partial charge in [-0.2, -0.15) is 21.0 Å². The molecule has 10 heteroatoms. The molecule has 2 unspecified atom stereocenters. The fraction of sp³-hybridized carbons (Fsp3) is 0.238. The van der Waals surface area contributed by atoms with Crippen LogP contribution in [0.4, 0.5) is 0 Å². The van der Waals surface area contributed by atoms with Crippen LogP contribution in [0, 0.1) is 59.2 Å². The van der Waals surface area contributed by atoms with E-state index in [9.17, 15) is 30.6 Å². The molecule has 6 aromatic carbocycles. The van der Waals surface area contributed by atoms with Crippen molar-refractivity contribution < 1.29 is 9.59 Å². The molecule has 0 amide bonds. The number of hydrogen-bond donors (Lipinski definition) is 0. The number of nitriles is 4. The molecular formula is C84H68N4O2S4. The third kappa shape index (κ3) is 10.2. The Hall–Kier alpha value is -9.36. The zero-order valence-electron chi connectivity index (χ0n) is 53.3. The Morgan fingerprint density at radius 1 is 0.404 bits per heavy atom. The maximum Gasteiger partial charge on any atom is 0.194 e. The Morgan fingerprint density at radius 2 is 0.734 bits per heavy atom. The third-order valence-electron chi connectivity index (χ3n) is 19.8. The number of ketones is 2. The van der Waals surface area contributed by atoms with Crippen LogP contribution in [0.2, 0.25) is 0 Å². The predicted octanol–water partition coefficient (Wildman–Crippen LogP) is 22.4. The van der Waals surface area contributed by atoms with Crippen molar-refractivity contribution in [2.75, 3.05) is 0 Å². The Labute approximate surface area is 567 Å². The number of fused-ring (bicyclic) bond motifs is 11. The SMILES string of the molecule is CCCCCCCCc1ccc(C2(c3ccc(C)cc3)c3cc(/C=C4\C(=O)c5ccccc5C4=C(C#N)C#N)sc3-c3sc4c5c(sc4c32)-c2sc(/C=C3\C(=O)c4ccccc4C3=C(C#N)C#N)cc2C5(c2ccc(C)cc2)c2ccc(CCCCCCCC)cc2)cc1. The van der Waals surface area contributed by atoms with Crippen LogP contribution in [-0.2, 0) is 23.7 Å². The number of hydrogen-bond acceptors (Lipinski definition) is 10. The molecule has 460 valence electrons. The second kappa shape index (κ2) is 25.9. The van der Waals surface area contributed by atoms with Gasteiger partial charge < -0.3 is 0 Å². The first-order valence-electron chi connectivity index (χ1n) is 33.1. The first-order chi connectivity index (χ1) is 46.0. The van der Waals surface area contributed by atoms with Crippen LogP contribution in [0.15, 0.2) is 180 Å². The molecule has 2 atom stereocenters. The van der Waals surface area contributed by atoms with E-state index in [0.717, 1.165) is 89.7 Å². The monoisotopic (exact) mass is 1290 g/mol. The molecule has 0 N–H and O–H groups in total. The molecule has 4 heterocycles. The molecule has 0 spiro atoms.